The van der Waals surface area contributed by atoms with Crippen LogP contribution in [0, 0.1) is 0 Å². The molecule has 0 aliphatic carbocycles. The van der Waals surface area contributed by atoms with Gasteiger partial charge in [-0.15, -0.1) is 0 Å². The first-order valence-corrected chi connectivity index (χ1v) is 19.2. The van der Waals surface area contributed by atoms with Crippen molar-refractivity contribution in [3.63, 3.8) is 0 Å². The monoisotopic (exact) mass is 727 g/mol. The molecule has 0 radical (unpaired) electrons. The number of hydrogen-bond acceptors (Lipinski definition) is 4. The van der Waals surface area contributed by atoms with Gasteiger partial charge in [0.1, 0.15) is 11.2 Å². The molecule has 4 nitrogen and oxygen atoms in total. The third-order valence-corrected chi connectivity index (χ3v) is 11.0. The molecule has 0 fully saturated rings. The number of rotatable bonds is 6. The molecule has 0 unspecified atom stereocenters. The van der Waals surface area contributed by atoms with Gasteiger partial charge in [0.15, 0.2) is 17.5 Å². The molecular weight excluding hydrogens is 695 g/mol. The van der Waals surface area contributed by atoms with Gasteiger partial charge in [0, 0.05) is 21.9 Å². The second-order valence-electron chi connectivity index (χ2n) is 14.4. The third-order valence-electron chi connectivity index (χ3n) is 11.0. The number of aromatic nitrogens is 3. The van der Waals surface area contributed by atoms with E-state index in [4.69, 9.17) is 19.4 Å². The molecule has 4 heteroatoms. The van der Waals surface area contributed by atoms with Gasteiger partial charge in [-0.3, -0.25) is 0 Å². The van der Waals surface area contributed by atoms with Crippen molar-refractivity contribution in [2.24, 2.45) is 0 Å². The lowest BCUT2D eigenvalue weighted by molar-refractivity contribution is 0.669. The lowest BCUT2D eigenvalue weighted by Gasteiger charge is -2.14. The summed E-state index contributed by atoms with van der Waals surface area (Å²) in [5.41, 5.74) is 11.2. The van der Waals surface area contributed by atoms with Gasteiger partial charge >= 0.3 is 0 Å². The largest absolute Gasteiger partial charge is 0.455 e. The lowest BCUT2D eigenvalue weighted by atomic mass is 9.93. The van der Waals surface area contributed by atoms with E-state index in [1.54, 1.807) is 0 Å². The molecule has 0 aliphatic rings. The second kappa shape index (κ2) is 13.6. The van der Waals surface area contributed by atoms with Crippen LogP contribution in [0.25, 0.3) is 111 Å². The molecule has 0 amide bonds. The minimum Gasteiger partial charge on any atom is -0.455 e. The van der Waals surface area contributed by atoms with Crippen LogP contribution < -0.4 is 0 Å². The molecule has 2 heterocycles. The topological polar surface area (TPSA) is 51.8 Å². The third kappa shape index (κ3) is 5.83. The summed E-state index contributed by atoms with van der Waals surface area (Å²) < 4.78 is 6.50. The predicted molar refractivity (Wildman–Crippen MR) is 235 cm³/mol. The van der Waals surface area contributed by atoms with Crippen LogP contribution in [0.5, 0.6) is 0 Å². The Kier molecular flexibility index (Phi) is 7.78. The van der Waals surface area contributed by atoms with E-state index in [0.717, 1.165) is 71.7 Å². The van der Waals surface area contributed by atoms with Crippen LogP contribution in [0.3, 0.4) is 0 Å². The van der Waals surface area contributed by atoms with Crippen molar-refractivity contribution >= 4 is 43.5 Å². The highest BCUT2D eigenvalue weighted by Crippen LogP contribution is 2.39. The Bertz CT molecular complexity index is 3280. The van der Waals surface area contributed by atoms with Gasteiger partial charge in [0.05, 0.1) is 5.56 Å². The van der Waals surface area contributed by atoms with E-state index in [1.807, 2.05) is 36.4 Å². The number of benzene rings is 9. The molecule has 0 bridgehead atoms. The summed E-state index contributed by atoms with van der Waals surface area (Å²) >= 11 is 0. The van der Waals surface area contributed by atoms with Gasteiger partial charge in [-0.1, -0.05) is 176 Å². The van der Waals surface area contributed by atoms with E-state index in [-0.39, 0.29) is 0 Å². The Morgan fingerprint density at radius 3 is 1.60 bits per heavy atom. The molecule has 0 N–H and O–H groups in total. The number of hydrogen-bond donors (Lipinski definition) is 0. The van der Waals surface area contributed by atoms with Crippen LogP contribution in [0.2, 0.25) is 0 Å². The van der Waals surface area contributed by atoms with Gasteiger partial charge in [-0.2, -0.15) is 0 Å². The summed E-state index contributed by atoms with van der Waals surface area (Å²) in [5.74, 6) is 1.75. The summed E-state index contributed by atoms with van der Waals surface area (Å²) in [5, 5.41) is 6.73. The smallest absolute Gasteiger partial charge is 0.167 e. The summed E-state index contributed by atoms with van der Waals surface area (Å²) in [6, 6.07) is 70.0. The maximum atomic E-state index is 6.50. The van der Waals surface area contributed by atoms with Crippen molar-refractivity contribution in [1.82, 2.24) is 15.0 Å². The molecule has 0 atom stereocenters. The minimum absolute atomic E-state index is 0.558. The van der Waals surface area contributed by atoms with E-state index in [2.05, 4.69) is 164 Å². The van der Waals surface area contributed by atoms with Crippen LogP contribution in [0.15, 0.2) is 205 Å². The SMILES string of the molecule is c1ccc(-c2ccc(-c3ccc(-c4nc(-c5ccc(-c6ccc7ccccc7c6)cc5)nc(-c5cccc6c5oc5ccccc56)n4)c4ccccc34)cc2)cc1. The zero-order valence-electron chi connectivity index (χ0n) is 30.8. The summed E-state index contributed by atoms with van der Waals surface area (Å²) in [4.78, 5) is 15.6. The fraction of sp³-hybridized carbons (Fsp3) is 0. The quantitative estimate of drug-likeness (QED) is 0.171. The van der Waals surface area contributed by atoms with E-state index >= 15 is 0 Å². The highest BCUT2D eigenvalue weighted by Gasteiger charge is 2.19. The number of fused-ring (bicyclic) bond motifs is 5. The molecule has 0 spiro atoms. The number of nitrogens with zero attached hydrogens (tertiary/aromatic N) is 3. The Balaban J connectivity index is 1.06. The lowest BCUT2D eigenvalue weighted by Crippen LogP contribution is -2.01. The van der Waals surface area contributed by atoms with Gasteiger partial charge < -0.3 is 4.42 Å². The average molecular weight is 728 g/mol. The zero-order chi connectivity index (χ0) is 37.7. The van der Waals surface area contributed by atoms with E-state index in [1.165, 1.54) is 21.9 Å². The van der Waals surface area contributed by atoms with Crippen molar-refractivity contribution in [3.05, 3.63) is 200 Å². The highest BCUT2D eigenvalue weighted by atomic mass is 16.3. The van der Waals surface area contributed by atoms with Crippen LogP contribution >= 0.6 is 0 Å². The molecule has 0 aliphatic heterocycles. The zero-order valence-corrected chi connectivity index (χ0v) is 30.8. The van der Waals surface area contributed by atoms with Crippen molar-refractivity contribution < 1.29 is 4.42 Å². The van der Waals surface area contributed by atoms with Crippen LogP contribution in [-0.4, -0.2) is 15.0 Å². The predicted octanol–water partition coefficient (Wildman–Crippen LogP) is 14.1. The fourth-order valence-electron chi connectivity index (χ4n) is 8.07. The van der Waals surface area contributed by atoms with E-state index < -0.39 is 0 Å². The van der Waals surface area contributed by atoms with Gasteiger partial charge in [-0.25, -0.2) is 15.0 Å². The van der Waals surface area contributed by atoms with Crippen LogP contribution in [0.1, 0.15) is 0 Å². The molecule has 11 aromatic rings. The van der Waals surface area contributed by atoms with Gasteiger partial charge in [0.2, 0.25) is 0 Å². The van der Waals surface area contributed by atoms with Gasteiger partial charge in [-0.05, 0) is 79.2 Å². The maximum Gasteiger partial charge on any atom is 0.167 e. The van der Waals surface area contributed by atoms with Crippen molar-refractivity contribution in [1.29, 1.82) is 0 Å². The molecule has 2 aromatic heterocycles. The minimum atomic E-state index is 0.558. The molecule has 0 saturated heterocycles. The Morgan fingerprint density at radius 1 is 0.281 bits per heavy atom. The fourth-order valence-corrected chi connectivity index (χ4v) is 8.07. The standard InChI is InChI=1S/C53H33N3O/c1-2-11-34(12-3-1)36-21-26-38(27-22-36)42-31-32-47(44-16-7-6-15-43(42)44)52-54-51(39-28-23-37(24-29-39)41-30-25-35-13-4-5-14-40(35)33-41)55-53(56-52)48-19-10-18-46-45-17-8-9-20-49(45)57-50(46)48/h1-33H. The second-order valence-corrected chi connectivity index (χ2v) is 14.4. The van der Waals surface area contributed by atoms with E-state index in [0.29, 0.717) is 17.5 Å². The Labute approximate surface area is 329 Å². The molecule has 9 aromatic carbocycles. The molecule has 0 saturated carbocycles. The normalized spacial score (nSPS) is 11.5. The average Bonchev–Trinajstić information content (AvgIpc) is 3.68. The van der Waals surface area contributed by atoms with Crippen LogP contribution in [0.4, 0.5) is 0 Å². The van der Waals surface area contributed by atoms with Crippen molar-refractivity contribution in [2.75, 3.05) is 0 Å². The molecule has 57 heavy (non-hydrogen) atoms. The first-order chi connectivity index (χ1) is 28.2. The van der Waals surface area contributed by atoms with E-state index in [9.17, 15) is 0 Å². The van der Waals surface area contributed by atoms with Crippen LogP contribution in [-0.2, 0) is 0 Å². The molecule has 266 valence electrons. The number of furan rings is 1. The van der Waals surface area contributed by atoms with Crippen molar-refractivity contribution in [3.8, 4) is 67.5 Å². The summed E-state index contributed by atoms with van der Waals surface area (Å²) in [7, 11) is 0. The van der Waals surface area contributed by atoms with Crippen molar-refractivity contribution in [2.45, 2.75) is 0 Å². The first-order valence-electron chi connectivity index (χ1n) is 19.2. The first kappa shape index (κ1) is 32.7. The Morgan fingerprint density at radius 2 is 0.807 bits per heavy atom. The van der Waals surface area contributed by atoms with Gasteiger partial charge in [0.25, 0.3) is 0 Å². The Hall–Kier alpha value is -7.69. The molecule has 11 rings (SSSR count). The number of para-hydroxylation sites is 2. The summed E-state index contributed by atoms with van der Waals surface area (Å²) in [6.07, 6.45) is 0. The molecular formula is C53H33N3O. The highest BCUT2D eigenvalue weighted by molar-refractivity contribution is 6.09. The maximum absolute atomic E-state index is 6.50. The summed E-state index contributed by atoms with van der Waals surface area (Å²) in [6.45, 7) is 0.